The molecule has 0 unspecified atom stereocenters. The van der Waals surface area contributed by atoms with Gasteiger partial charge in [0.1, 0.15) is 11.3 Å². The van der Waals surface area contributed by atoms with E-state index in [1.54, 1.807) is 30.7 Å². The first kappa shape index (κ1) is 21.3. The molecule has 0 saturated carbocycles. The van der Waals surface area contributed by atoms with Crippen LogP contribution in [-0.4, -0.2) is 77.1 Å². The number of amides is 3. The van der Waals surface area contributed by atoms with Crippen LogP contribution < -0.4 is 0 Å². The topological polar surface area (TPSA) is 79.1 Å². The Labute approximate surface area is 182 Å². The Morgan fingerprint density at radius 1 is 1.23 bits per heavy atom. The van der Waals surface area contributed by atoms with Crippen molar-refractivity contribution in [3.05, 3.63) is 60.3 Å². The lowest BCUT2D eigenvalue weighted by Crippen LogP contribution is -2.57. The van der Waals surface area contributed by atoms with Gasteiger partial charge in [0, 0.05) is 45.7 Å². The molecule has 2 aliphatic heterocycles. The zero-order valence-corrected chi connectivity index (χ0v) is 17.8. The third-order valence-electron chi connectivity index (χ3n) is 6.08. The van der Waals surface area contributed by atoms with Gasteiger partial charge in [-0.1, -0.05) is 12.1 Å². The van der Waals surface area contributed by atoms with Gasteiger partial charge in [0.2, 0.25) is 0 Å². The Balaban J connectivity index is 1.45. The molecular weight excluding hydrogens is 396 g/mol. The second-order valence-electron chi connectivity index (χ2n) is 7.93. The van der Waals surface area contributed by atoms with Gasteiger partial charge >= 0.3 is 6.03 Å². The molecule has 4 heterocycles. The lowest BCUT2D eigenvalue weighted by atomic mass is 9.85. The molecule has 3 amide bonds. The van der Waals surface area contributed by atoms with Gasteiger partial charge in [-0.3, -0.25) is 19.6 Å². The minimum atomic E-state index is -0.793. The quantitative estimate of drug-likeness (QED) is 0.606. The summed E-state index contributed by atoms with van der Waals surface area (Å²) < 4.78 is 10.5. The van der Waals surface area contributed by atoms with Crippen LogP contribution >= 0.6 is 0 Å². The minimum absolute atomic E-state index is 0.108. The van der Waals surface area contributed by atoms with E-state index >= 15 is 0 Å². The van der Waals surface area contributed by atoms with Crippen LogP contribution in [0, 0.1) is 0 Å². The normalized spacial score (nSPS) is 19.3. The zero-order valence-electron chi connectivity index (χ0n) is 17.8. The fraction of sp³-hybridized carbons (Fsp3) is 0.435. The number of methoxy groups -OCH3 is 1. The molecule has 2 aromatic heterocycles. The van der Waals surface area contributed by atoms with E-state index in [-0.39, 0.29) is 18.5 Å². The Bertz CT molecular complexity index is 905. The number of rotatable bonds is 8. The molecule has 8 nitrogen and oxygen atoms in total. The molecule has 0 aromatic carbocycles. The van der Waals surface area contributed by atoms with Gasteiger partial charge < -0.3 is 14.1 Å². The second kappa shape index (κ2) is 9.45. The Hall–Kier alpha value is -2.97. The number of piperidine rings is 1. The molecule has 0 aliphatic carbocycles. The van der Waals surface area contributed by atoms with Gasteiger partial charge in [0.15, 0.2) is 0 Å². The maximum atomic E-state index is 13.5. The third-order valence-corrected chi connectivity index (χ3v) is 6.08. The van der Waals surface area contributed by atoms with E-state index in [4.69, 9.17) is 9.15 Å². The number of ether oxygens (including phenoxy) is 1. The van der Waals surface area contributed by atoms with Crippen LogP contribution in [0.2, 0.25) is 0 Å². The first-order chi connectivity index (χ1) is 15.1. The molecule has 1 spiro atoms. The van der Waals surface area contributed by atoms with Crippen molar-refractivity contribution in [2.24, 2.45) is 0 Å². The van der Waals surface area contributed by atoms with E-state index < -0.39 is 5.54 Å². The Kier molecular flexibility index (Phi) is 6.48. The van der Waals surface area contributed by atoms with Crippen LogP contribution in [-0.2, 0) is 16.1 Å². The summed E-state index contributed by atoms with van der Waals surface area (Å²) in [6.07, 6.45) is 10.3. The van der Waals surface area contributed by atoms with E-state index in [1.807, 2.05) is 30.3 Å². The van der Waals surface area contributed by atoms with Crippen LogP contribution in [0.4, 0.5) is 4.79 Å². The zero-order chi connectivity index (χ0) is 21.7. The summed E-state index contributed by atoms with van der Waals surface area (Å²) in [6, 6.07) is 7.23. The van der Waals surface area contributed by atoms with Gasteiger partial charge in [-0.2, -0.15) is 0 Å². The van der Waals surface area contributed by atoms with Crippen LogP contribution in [0.1, 0.15) is 24.2 Å². The number of nitrogens with zero attached hydrogens (tertiary/aromatic N) is 4. The number of hydrogen-bond acceptors (Lipinski definition) is 6. The lowest BCUT2D eigenvalue weighted by Gasteiger charge is -2.42. The van der Waals surface area contributed by atoms with Gasteiger partial charge in [-0.25, -0.2) is 4.79 Å². The van der Waals surface area contributed by atoms with Gasteiger partial charge in [-0.05, 0) is 42.7 Å². The summed E-state index contributed by atoms with van der Waals surface area (Å²) >= 11 is 0. The molecule has 0 N–H and O–H groups in total. The van der Waals surface area contributed by atoms with Gasteiger partial charge in [-0.15, -0.1) is 0 Å². The van der Waals surface area contributed by atoms with Crippen molar-refractivity contribution in [3.63, 3.8) is 0 Å². The van der Waals surface area contributed by atoms with Crippen LogP contribution in [0.5, 0.6) is 0 Å². The number of aromatic nitrogens is 1. The van der Waals surface area contributed by atoms with Crippen LogP contribution in [0.15, 0.2) is 53.4 Å². The highest BCUT2D eigenvalue weighted by Gasteiger charge is 2.57. The molecule has 4 rings (SSSR count). The average Bonchev–Trinajstić information content (AvgIpc) is 3.37. The summed E-state index contributed by atoms with van der Waals surface area (Å²) in [6.45, 7) is 3.31. The molecule has 8 heteroatoms. The predicted molar refractivity (Wildman–Crippen MR) is 115 cm³/mol. The summed E-state index contributed by atoms with van der Waals surface area (Å²) in [7, 11) is 1.61. The summed E-state index contributed by atoms with van der Waals surface area (Å²) in [5, 5.41) is 0. The van der Waals surface area contributed by atoms with Crippen molar-refractivity contribution < 1.29 is 18.7 Å². The van der Waals surface area contributed by atoms with Crippen molar-refractivity contribution in [2.75, 3.05) is 39.9 Å². The van der Waals surface area contributed by atoms with Crippen molar-refractivity contribution in [1.29, 1.82) is 0 Å². The van der Waals surface area contributed by atoms with Gasteiger partial charge in [0.25, 0.3) is 5.91 Å². The molecule has 2 fully saturated rings. The van der Waals surface area contributed by atoms with E-state index in [0.717, 1.165) is 31.0 Å². The van der Waals surface area contributed by atoms with Crippen LogP contribution in [0.3, 0.4) is 0 Å². The molecule has 2 aromatic rings. The van der Waals surface area contributed by atoms with Gasteiger partial charge in [0.05, 0.1) is 19.4 Å². The standard InChI is InChI=1S/C23H28N4O4/c1-30-16-14-27-22(29)26(18-19-5-2-10-24-17-19)21(28)23(27)8-12-25(13-9-23)11-3-6-20-7-4-15-31-20/h2-7,10,15,17H,8-9,11-14,16,18H2,1H3/b6-3+. The number of likely N-dealkylation sites (tertiary alicyclic amines) is 1. The molecule has 0 bridgehead atoms. The maximum Gasteiger partial charge on any atom is 0.328 e. The number of imide groups is 1. The Morgan fingerprint density at radius 2 is 2.06 bits per heavy atom. The summed E-state index contributed by atoms with van der Waals surface area (Å²) in [5.74, 6) is 0.713. The van der Waals surface area contributed by atoms with E-state index in [9.17, 15) is 9.59 Å². The highest BCUT2D eigenvalue weighted by atomic mass is 16.5. The fourth-order valence-electron chi connectivity index (χ4n) is 4.38. The highest BCUT2D eigenvalue weighted by molar-refractivity contribution is 6.07. The largest absolute Gasteiger partial charge is 0.465 e. The molecule has 164 valence electrons. The second-order valence-corrected chi connectivity index (χ2v) is 7.93. The number of carbonyl (C=O) groups excluding carboxylic acids is 2. The summed E-state index contributed by atoms with van der Waals surface area (Å²) in [5.41, 5.74) is 0.0485. The number of furan rings is 1. The molecular formula is C23H28N4O4. The van der Waals surface area contributed by atoms with E-state index in [0.29, 0.717) is 26.0 Å². The summed E-state index contributed by atoms with van der Waals surface area (Å²) in [4.78, 5) is 36.2. The van der Waals surface area contributed by atoms with Crippen molar-refractivity contribution in [3.8, 4) is 0 Å². The molecule has 31 heavy (non-hydrogen) atoms. The molecule has 0 radical (unpaired) electrons. The minimum Gasteiger partial charge on any atom is -0.465 e. The number of hydrogen-bond donors (Lipinski definition) is 0. The average molecular weight is 425 g/mol. The lowest BCUT2D eigenvalue weighted by molar-refractivity contribution is -0.136. The monoisotopic (exact) mass is 424 g/mol. The molecule has 0 atom stereocenters. The van der Waals surface area contributed by atoms with E-state index in [1.165, 1.54) is 4.90 Å². The Morgan fingerprint density at radius 3 is 2.74 bits per heavy atom. The third kappa shape index (κ3) is 4.40. The molecule has 2 saturated heterocycles. The SMILES string of the molecule is COCCN1C(=O)N(Cc2cccnc2)C(=O)C12CCN(C/C=C/c1ccco1)CC2. The predicted octanol–water partition coefficient (Wildman–Crippen LogP) is 2.63. The highest BCUT2D eigenvalue weighted by Crippen LogP contribution is 2.37. The van der Waals surface area contributed by atoms with Crippen molar-refractivity contribution >= 4 is 18.0 Å². The first-order valence-electron chi connectivity index (χ1n) is 10.6. The number of carbonyl (C=O) groups is 2. The van der Waals surface area contributed by atoms with Crippen LogP contribution in [0.25, 0.3) is 6.08 Å². The van der Waals surface area contributed by atoms with Crippen molar-refractivity contribution in [2.45, 2.75) is 24.9 Å². The van der Waals surface area contributed by atoms with E-state index in [2.05, 4.69) is 16.0 Å². The smallest absolute Gasteiger partial charge is 0.328 e. The van der Waals surface area contributed by atoms with Crippen molar-refractivity contribution in [1.82, 2.24) is 19.7 Å². The number of pyridine rings is 1. The fourth-order valence-corrected chi connectivity index (χ4v) is 4.38. The first-order valence-corrected chi connectivity index (χ1v) is 10.6. The maximum absolute atomic E-state index is 13.5. The molecule has 2 aliphatic rings. The number of urea groups is 1.